The number of fused-ring (bicyclic) bond motifs is 3. The Balaban J connectivity index is 0.000000145. The van der Waals surface area contributed by atoms with Gasteiger partial charge in [-0.1, -0.05) is 97.1 Å². The van der Waals surface area contributed by atoms with E-state index < -0.39 is 0 Å². The third-order valence-corrected chi connectivity index (χ3v) is 7.63. The summed E-state index contributed by atoms with van der Waals surface area (Å²) in [6.45, 7) is 5.73. The topological polar surface area (TPSA) is 64.5 Å². The minimum atomic E-state index is 0.729. The van der Waals surface area contributed by atoms with Crippen molar-refractivity contribution in [1.29, 1.82) is 0 Å². The number of nitrogens with zero attached hydrogens (tertiary/aromatic N) is 5. The summed E-state index contributed by atoms with van der Waals surface area (Å²) in [6, 6.07) is 37.3. The zero-order chi connectivity index (χ0) is 27.5. The lowest BCUT2D eigenvalue weighted by molar-refractivity contribution is 0.928. The molecular formula is C34H27N5S. The van der Waals surface area contributed by atoms with Crippen molar-refractivity contribution in [2.24, 2.45) is 0 Å². The Labute approximate surface area is 237 Å². The third kappa shape index (κ3) is 5.35. The maximum Gasteiger partial charge on any atom is 0.163 e. The summed E-state index contributed by atoms with van der Waals surface area (Å²) >= 11 is 1.77. The first-order valence-electron chi connectivity index (χ1n) is 13.1. The maximum absolute atomic E-state index is 4.67. The van der Waals surface area contributed by atoms with Crippen molar-refractivity contribution in [3.05, 3.63) is 127 Å². The number of hydrogen-bond donors (Lipinski definition) is 0. The lowest BCUT2D eigenvalue weighted by Gasteiger charge is -2.06. The minimum absolute atomic E-state index is 0.729. The molecule has 5 nitrogen and oxygen atoms in total. The molecule has 3 aromatic heterocycles. The number of aryl methyl sites for hydroxylation is 3. The molecule has 0 radical (unpaired) electrons. The Morgan fingerprint density at radius 3 is 1.77 bits per heavy atom. The van der Waals surface area contributed by atoms with Crippen LogP contribution in [0.5, 0.6) is 0 Å². The highest BCUT2D eigenvalue weighted by molar-refractivity contribution is 7.26. The molecule has 6 heteroatoms. The molecule has 0 unspecified atom stereocenters. The molecule has 0 amide bonds. The Morgan fingerprint density at radius 2 is 1.05 bits per heavy atom. The molecule has 0 saturated heterocycles. The van der Waals surface area contributed by atoms with Crippen molar-refractivity contribution in [2.45, 2.75) is 20.8 Å². The van der Waals surface area contributed by atoms with Gasteiger partial charge in [-0.15, -0.1) is 11.3 Å². The van der Waals surface area contributed by atoms with Crippen LogP contribution in [0.15, 0.2) is 109 Å². The summed E-state index contributed by atoms with van der Waals surface area (Å²) in [6.07, 6.45) is 0. The van der Waals surface area contributed by atoms with E-state index in [1.807, 2.05) is 69.3 Å². The molecule has 40 heavy (non-hydrogen) atoms. The first-order valence-corrected chi connectivity index (χ1v) is 13.9. The molecule has 0 spiro atoms. The van der Waals surface area contributed by atoms with Gasteiger partial charge in [0.1, 0.15) is 17.5 Å². The second-order valence-electron chi connectivity index (χ2n) is 9.46. The summed E-state index contributed by atoms with van der Waals surface area (Å²) in [5, 5.41) is 1.22. The maximum atomic E-state index is 4.67. The van der Waals surface area contributed by atoms with Crippen molar-refractivity contribution in [3.8, 4) is 33.8 Å². The van der Waals surface area contributed by atoms with Gasteiger partial charge in [0, 0.05) is 21.2 Å². The van der Waals surface area contributed by atoms with Gasteiger partial charge in [-0.25, -0.2) is 24.9 Å². The van der Waals surface area contributed by atoms with Crippen LogP contribution in [-0.4, -0.2) is 24.9 Å². The van der Waals surface area contributed by atoms with E-state index in [0.717, 1.165) is 45.6 Å². The molecule has 194 valence electrons. The minimum Gasteiger partial charge on any atom is -0.232 e. The average molecular weight is 538 g/mol. The van der Waals surface area contributed by atoms with Gasteiger partial charge < -0.3 is 0 Å². The van der Waals surface area contributed by atoms with Crippen LogP contribution < -0.4 is 0 Å². The number of hydrogen-bond acceptors (Lipinski definition) is 6. The normalized spacial score (nSPS) is 10.9. The van der Waals surface area contributed by atoms with Crippen molar-refractivity contribution >= 4 is 31.6 Å². The molecule has 0 bridgehead atoms. The van der Waals surface area contributed by atoms with Crippen LogP contribution in [0.25, 0.3) is 54.1 Å². The molecule has 7 aromatic rings. The fourth-order valence-electron chi connectivity index (χ4n) is 4.71. The standard InChI is InChI=1S/C17H15N3.C17H12N2S/c1-12-18-13(2)20-17(19-12)16-10-6-9-15(11-16)14-7-4-3-5-8-14;1-11-18-15(12-7-3-2-4-8-12)17-16(19-11)13-9-5-6-10-14(13)20-17/h3-11H,1-2H3;2-10H,1H3. The van der Waals surface area contributed by atoms with Gasteiger partial charge in [0.05, 0.1) is 15.9 Å². The summed E-state index contributed by atoms with van der Waals surface area (Å²) in [5.41, 5.74) is 6.62. The molecule has 0 saturated carbocycles. The van der Waals surface area contributed by atoms with Crippen LogP contribution in [0.1, 0.15) is 17.5 Å². The molecule has 0 aliphatic carbocycles. The van der Waals surface area contributed by atoms with E-state index in [9.17, 15) is 0 Å². The zero-order valence-corrected chi connectivity index (χ0v) is 23.4. The van der Waals surface area contributed by atoms with Crippen molar-refractivity contribution < 1.29 is 0 Å². The van der Waals surface area contributed by atoms with E-state index >= 15 is 0 Å². The highest BCUT2D eigenvalue weighted by Gasteiger charge is 2.13. The van der Waals surface area contributed by atoms with Crippen molar-refractivity contribution in [2.75, 3.05) is 0 Å². The lowest BCUT2D eigenvalue weighted by atomic mass is 10.0. The Bertz CT molecular complexity index is 1910. The number of thiophene rings is 1. The molecule has 0 aliphatic rings. The van der Waals surface area contributed by atoms with Crippen molar-refractivity contribution in [1.82, 2.24) is 24.9 Å². The van der Waals surface area contributed by atoms with E-state index in [-0.39, 0.29) is 0 Å². The summed E-state index contributed by atoms with van der Waals surface area (Å²) in [5.74, 6) is 3.04. The van der Waals surface area contributed by atoms with Crippen LogP contribution in [0.4, 0.5) is 0 Å². The van der Waals surface area contributed by atoms with E-state index in [1.165, 1.54) is 25.9 Å². The van der Waals surface area contributed by atoms with Gasteiger partial charge in [-0.05, 0) is 44.0 Å². The first kappa shape index (κ1) is 25.5. The van der Waals surface area contributed by atoms with Crippen LogP contribution >= 0.6 is 11.3 Å². The van der Waals surface area contributed by atoms with E-state index in [0.29, 0.717) is 0 Å². The number of benzene rings is 4. The van der Waals surface area contributed by atoms with Crippen molar-refractivity contribution in [3.63, 3.8) is 0 Å². The molecular weight excluding hydrogens is 510 g/mol. The Morgan fingerprint density at radius 1 is 0.475 bits per heavy atom. The van der Waals surface area contributed by atoms with E-state index in [4.69, 9.17) is 0 Å². The zero-order valence-electron chi connectivity index (χ0n) is 22.5. The van der Waals surface area contributed by atoms with E-state index in [1.54, 1.807) is 11.3 Å². The highest BCUT2D eigenvalue weighted by Crippen LogP contribution is 2.37. The smallest absolute Gasteiger partial charge is 0.163 e. The van der Waals surface area contributed by atoms with E-state index in [2.05, 4.69) is 85.6 Å². The van der Waals surface area contributed by atoms with Crippen LogP contribution in [0.3, 0.4) is 0 Å². The second-order valence-corrected chi connectivity index (χ2v) is 10.5. The third-order valence-electron chi connectivity index (χ3n) is 6.47. The molecule has 0 fully saturated rings. The lowest BCUT2D eigenvalue weighted by Crippen LogP contribution is -1.98. The monoisotopic (exact) mass is 537 g/mol. The van der Waals surface area contributed by atoms with Gasteiger partial charge >= 0.3 is 0 Å². The fraction of sp³-hybridized carbons (Fsp3) is 0.0882. The van der Waals surface area contributed by atoms with Crippen LogP contribution in [-0.2, 0) is 0 Å². The molecule has 3 heterocycles. The molecule has 4 aromatic carbocycles. The second kappa shape index (κ2) is 11.1. The fourth-order valence-corrected chi connectivity index (χ4v) is 5.86. The Hall–Kier alpha value is -4.81. The van der Waals surface area contributed by atoms with Gasteiger partial charge in [0.15, 0.2) is 5.82 Å². The van der Waals surface area contributed by atoms with Crippen LogP contribution in [0, 0.1) is 20.8 Å². The summed E-state index contributed by atoms with van der Waals surface area (Å²) < 4.78 is 2.43. The van der Waals surface area contributed by atoms with Gasteiger partial charge in [-0.2, -0.15) is 0 Å². The highest BCUT2D eigenvalue weighted by atomic mass is 32.1. The van der Waals surface area contributed by atoms with Gasteiger partial charge in [0.2, 0.25) is 0 Å². The Kier molecular flexibility index (Phi) is 7.08. The predicted octanol–water partition coefficient (Wildman–Crippen LogP) is 8.64. The number of rotatable bonds is 3. The quantitative estimate of drug-likeness (QED) is 0.226. The number of aromatic nitrogens is 5. The SMILES string of the molecule is Cc1nc(-c2ccccc2)c2sc3ccccc3c2n1.Cc1nc(C)nc(-c2cccc(-c3ccccc3)c2)n1. The molecule has 0 atom stereocenters. The average Bonchev–Trinajstić information content (AvgIpc) is 3.36. The van der Waals surface area contributed by atoms with Gasteiger partial charge in [0.25, 0.3) is 0 Å². The molecule has 0 N–H and O–H groups in total. The summed E-state index contributed by atoms with van der Waals surface area (Å²) in [4.78, 5) is 22.4. The molecule has 7 rings (SSSR count). The first-order chi connectivity index (χ1) is 19.5. The van der Waals surface area contributed by atoms with Gasteiger partial charge in [-0.3, -0.25) is 0 Å². The summed E-state index contributed by atoms with van der Waals surface area (Å²) in [7, 11) is 0. The molecule has 0 aliphatic heterocycles. The predicted molar refractivity (Wildman–Crippen MR) is 165 cm³/mol. The largest absolute Gasteiger partial charge is 0.232 e. The van der Waals surface area contributed by atoms with Crippen LogP contribution in [0.2, 0.25) is 0 Å².